The normalized spacial score (nSPS) is 10.4. The van der Waals surface area contributed by atoms with Crippen molar-refractivity contribution < 1.29 is 0 Å². The maximum atomic E-state index is 5.45. The molecule has 0 amide bonds. The Morgan fingerprint density at radius 3 is 2.78 bits per heavy atom. The molecule has 1 aromatic heterocycles. The molecule has 3 N–H and O–H groups in total. The number of nitrogens with one attached hydrogen (secondary N) is 1. The van der Waals surface area contributed by atoms with E-state index in [0.717, 1.165) is 11.3 Å². The van der Waals surface area contributed by atoms with Crippen LogP contribution in [0, 0.1) is 13.8 Å². The minimum absolute atomic E-state index is 0.567. The van der Waals surface area contributed by atoms with E-state index in [0.29, 0.717) is 19.0 Å². The van der Waals surface area contributed by atoms with Gasteiger partial charge in [0.15, 0.2) is 0 Å². The van der Waals surface area contributed by atoms with Crippen molar-refractivity contribution in [1.82, 2.24) is 9.97 Å². The Bertz CT molecular complexity index is 537. The Hall–Kier alpha value is -1.94. The van der Waals surface area contributed by atoms with E-state index in [1.54, 1.807) is 6.20 Å². The highest BCUT2D eigenvalue weighted by molar-refractivity contribution is 5.64. The molecule has 94 valence electrons. The lowest BCUT2D eigenvalue weighted by Crippen LogP contribution is -2.14. The predicted molar refractivity (Wildman–Crippen MR) is 74.5 cm³/mol. The van der Waals surface area contributed by atoms with Gasteiger partial charge in [-0.1, -0.05) is 23.8 Å². The van der Waals surface area contributed by atoms with Crippen molar-refractivity contribution in [2.24, 2.45) is 5.73 Å². The molecule has 0 bridgehead atoms. The van der Waals surface area contributed by atoms with Crippen LogP contribution in [0.4, 0.5) is 5.95 Å². The zero-order valence-corrected chi connectivity index (χ0v) is 10.8. The Kier molecular flexibility index (Phi) is 3.89. The van der Waals surface area contributed by atoms with Gasteiger partial charge in [0, 0.05) is 24.8 Å². The first kappa shape index (κ1) is 12.5. The monoisotopic (exact) mass is 242 g/mol. The number of nitrogens with two attached hydrogens (primary N) is 1. The second-order valence-corrected chi connectivity index (χ2v) is 4.30. The molecule has 2 aromatic rings. The van der Waals surface area contributed by atoms with E-state index in [1.165, 1.54) is 11.1 Å². The number of hydrogen-bond acceptors (Lipinski definition) is 4. The van der Waals surface area contributed by atoms with Crippen molar-refractivity contribution in [3.8, 4) is 11.3 Å². The Labute approximate surface area is 107 Å². The summed E-state index contributed by atoms with van der Waals surface area (Å²) >= 11 is 0. The third kappa shape index (κ3) is 2.84. The van der Waals surface area contributed by atoms with Gasteiger partial charge in [0.05, 0.1) is 5.69 Å². The number of aryl methyl sites for hydroxylation is 2. The molecule has 0 unspecified atom stereocenters. The van der Waals surface area contributed by atoms with Gasteiger partial charge in [-0.3, -0.25) is 0 Å². The Morgan fingerprint density at radius 1 is 1.22 bits per heavy atom. The van der Waals surface area contributed by atoms with Crippen molar-refractivity contribution in [3.05, 3.63) is 41.6 Å². The molecule has 0 saturated heterocycles. The first-order valence-electron chi connectivity index (χ1n) is 6.05. The highest BCUT2D eigenvalue weighted by atomic mass is 15.1. The van der Waals surface area contributed by atoms with Gasteiger partial charge >= 0.3 is 0 Å². The van der Waals surface area contributed by atoms with Crippen LogP contribution in [0.25, 0.3) is 11.3 Å². The first-order chi connectivity index (χ1) is 8.70. The largest absolute Gasteiger partial charge is 0.353 e. The fourth-order valence-corrected chi connectivity index (χ4v) is 1.88. The van der Waals surface area contributed by atoms with Gasteiger partial charge in [-0.2, -0.15) is 0 Å². The summed E-state index contributed by atoms with van der Waals surface area (Å²) in [6.07, 6.45) is 1.76. The predicted octanol–water partition coefficient (Wildman–Crippen LogP) is 2.13. The van der Waals surface area contributed by atoms with Crippen LogP contribution in [0.1, 0.15) is 11.1 Å². The molecule has 18 heavy (non-hydrogen) atoms. The van der Waals surface area contributed by atoms with Crippen LogP contribution < -0.4 is 11.1 Å². The van der Waals surface area contributed by atoms with Crippen LogP contribution in [0.3, 0.4) is 0 Å². The first-order valence-corrected chi connectivity index (χ1v) is 6.05. The Balaban J connectivity index is 2.32. The fraction of sp³-hybridized carbons (Fsp3) is 0.286. The SMILES string of the molecule is Cc1ccc(-c2ccnc(NCCN)n2)c(C)c1. The van der Waals surface area contributed by atoms with Crippen LogP contribution in [-0.4, -0.2) is 23.1 Å². The molecule has 1 heterocycles. The van der Waals surface area contributed by atoms with Gasteiger partial charge < -0.3 is 11.1 Å². The van der Waals surface area contributed by atoms with Gasteiger partial charge in [0.2, 0.25) is 5.95 Å². The highest BCUT2D eigenvalue weighted by Gasteiger charge is 2.05. The molecule has 0 aliphatic rings. The quantitative estimate of drug-likeness (QED) is 0.862. The maximum Gasteiger partial charge on any atom is 0.223 e. The van der Waals surface area contributed by atoms with Crippen molar-refractivity contribution in [1.29, 1.82) is 0 Å². The molecule has 4 nitrogen and oxygen atoms in total. The molecule has 0 radical (unpaired) electrons. The van der Waals surface area contributed by atoms with E-state index in [-0.39, 0.29) is 0 Å². The lowest BCUT2D eigenvalue weighted by molar-refractivity contribution is 0.990. The zero-order chi connectivity index (χ0) is 13.0. The van der Waals surface area contributed by atoms with E-state index in [1.807, 2.05) is 6.07 Å². The number of rotatable bonds is 4. The smallest absolute Gasteiger partial charge is 0.223 e. The second-order valence-electron chi connectivity index (χ2n) is 4.30. The van der Waals surface area contributed by atoms with Gasteiger partial charge in [-0.25, -0.2) is 9.97 Å². The molecule has 0 fully saturated rings. The molecule has 0 atom stereocenters. The summed E-state index contributed by atoms with van der Waals surface area (Å²) in [6.45, 7) is 5.43. The third-order valence-corrected chi connectivity index (χ3v) is 2.74. The summed E-state index contributed by atoms with van der Waals surface area (Å²) in [6, 6.07) is 8.27. The van der Waals surface area contributed by atoms with Crippen molar-refractivity contribution in [2.45, 2.75) is 13.8 Å². The number of aromatic nitrogens is 2. The number of benzene rings is 1. The molecule has 0 spiro atoms. The summed E-state index contributed by atoms with van der Waals surface area (Å²) in [4.78, 5) is 8.67. The number of nitrogens with zero attached hydrogens (tertiary/aromatic N) is 2. The summed E-state index contributed by atoms with van der Waals surface area (Å²) in [5.41, 5.74) is 10.00. The summed E-state index contributed by atoms with van der Waals surface area (Å²) in [7, 11) is 0. The van der Waals surface area contributed by atoms with Gasteiger partial charge in [0.1, 0.15) is 0 Å². The molecule has 4 heteroatoms. The molecule has 0 aliphatic heterocycles. The van der Waals surface area contributed by atoms with Crippen molar-refractivity contribution in [3.63, 3.8) is 0 Å². The van der Waals surface area contributed by atoms with Crippen LogP contribution in [0.5, 0.6) is 0 Å². The summed E-state index contributed by atoms with van der Waals surface area (Å²) in [5.74, 6) is 0.623. The average Bonchev–Trinajstić information content (AvgIpc) is 2.36. The van der Waals surface area contributed by atoms with Gasteiger partial charge in [-0.05, 0) is 25.5 Å². The van der Waals surface area contributed by atoms with E-state index < -0.39 is 0 Å². The molecule has 0 aliphatic carbocycles. The lowest BCUT2D eigenvalue weighted by Gasteiger charge is -2.08. The molecule has 2 rings (SSSR count). The topological polar surface area (TPSA) is 63.8 Å². The van der Waals surface area contributed by atoms with E-state index >= 15 is 0 Å². The van der Waals surface area contributed by atoms with Crippen molar-refractivity contribution in [2.75, 3.05) is 18.4 Å². The average molecular weight is 242 g/mol. The standard InChI is InChI=1S/C14H18N4/c1-10-3-4-12(11(2)9-10)13-5-7-16-14(18-13)17-8-6-15/h3-5,7,9H,6,8,15H2,1-2H3,(H,16,17,18). The van der Waals surface area contributed by atoms with E-state index in [2.05, 4.69) is 47.3 Å². The third-order valence-electron chi connectivity index (χ3n) is 2.74. The number of anilines is 1. The van der Waals surface area contributed by atoms with Gasteiger partial charge in [-0.15, -0.1) is 0 Å². The molecular formula is C14H18N4. The number of hydrogen-bond donors (Lipinski definition) is 2. The van der Waals surface area contributed by atoms with Crippen LogP contribution in [0.2, 0.25) is 0 Å². The summed E-state index contributed by atoms with van der Waals surface area (Å²) in [5, 5.41) is 3.09. The molecular weight excluding hydrogens is 224 g/mol. The minimum atomic E-state index is 0.567. The van der Waals surface area contributed by atoms with Crippen LogP contribution >= 0.6 is 0 Å². The lowest BCUT2D eigenvalue weighted by atomic mass is 10.0. The van der Waals surface area contributed by atoms with E-state index in [9.17, 15) is 0 Å². The maximum absolute atomic E-state index is 5.45. The van der Waals surface area contributed by atoms with Crippen LogP contribution in [0.15, 0.2) is 30.5 Å². The Morgan fingerprint density at radius 2 is 2.06 bits per heavy atom. The fourth-order valence-electron chi connectivity index (χ4n) is 1.88. The van der Waals surface area contributed by atoms with Crippen molar-refractivity contribution >= 4 is 5.95 Å². The molecule has 0 saturated carbocycles. The van der Waals surface area contributed by atoms with E-state index in [4.69, 9.17) is 5.73 Å². The van der Waals surface area contributed by atoms with Gasteiger partial charge in [0.25, 0.3) is 0 Å². The second kappa shape index (κ2) is 5.60. The minimum Gasteiger partial charge on any atom is -0.353 e. The zero-order valence-electron chi connectivity index (χ0n) is 10.8. The molecule has 1 aromatic carbocycles. The van der Waals surface area contributed by atoms with Crippen LogP contribution in [-0.2, 0) is 0 Å². The highest BCUT2D eigenvalue weighted by Crippen LogP contribution is 2.22. The summed E-state index contributed by atoms with van der Waals surface area (Å²) < 4.78 is 0.